The zero-order chi connectivity index (χ0) is 13.4. The Bertz CT molecular complexity index is 582. The molecule has 3 rings (SSSR count). The summed E-state index contributed by atoms with van der Waals surface area (Å²) >= 11 is 1.91. The van der Waals surface area contributed by atoms with Gasteiger partial charge in [0.2, 0.25) is 0 Å². The van der Waals surface area contributed by atoms with Crippen LogP contribution in [-0.4, -0.2) is 9.67 Å². The molecule has 2 aromatic rings. The van der Waals surface area contributed by atoms with E-state index in [4.69, 9.17) is 0 Å². The van der Waals surface area contributed by atoms with Gasteiger partial charge < -0.3 is 9.67 Å². The van der Waals surface area contributed by atoms with Crippen molar-refractivity contribution in [2.24, 2.45) is 0 Å². The van der Waals surface area contributed by atoms with Crippen LogP contribution in [0.4, 0.5) is 0 Å². The molecular weight excluding hydrogens is 254 g/mol. The van der Waals surface area contributed by atoms with Crippen LogP contribution in [0.5, 0.6) is 0 Å². The second-order valence-electron chi connectivity index (χ2n) is 5.40. The Labute approximate surface area is 118 Å². The fourth-order valence-corrected chi connectivity index (χ4v) is 3.96. The second kappa shape index (κ2) is 5.14. The van der Waals surface area contributed by atoms with E-state index in [1.54, 1.807) is 0 Å². The summed E-state index contributed by atoms with van der Waals surface area (Å²) in [7, 11) is 0. The van der Waals surface area contributed by atoms with Crippen LogP contribution in [0.1, 0.15) is 52.6 Å². The van der Waals surface area contributed by atoms with E-state index >= 15 is 0 Å². The van der Waals surface area contributed by atoms with Crippen LogP contribution in [0.3, 0.4) is 0 Å². The first kappa shape index (κ1) is 12.9. The number of aromatic nitrogens is 1. The molecule has 0 radical (unpaired) electrons. The van der Waals surface area contributed by atoms with Crippen molar-refractivity contribution in [2.75, 3.05) is 0 Å². The molecule has 0 aromatic carbocycles. The van der Waals surface area contributed by atoms with Gasteiger partial charge >= 0.3 is 0 Å². The summed E-state index contributed by atoms with van der Waals surface area (Å²) in [5.41, 5.74) is 3.79. The number of nitrogens with zero attached hydrogens (tertiary/aromatic N) is 1. The van der Waals surface area contributed by atoms with Crippen molar-refractivity contribution in [2.45, 2.75) is 52.2 Å². The average Bonchev–Trinajstić information content (AvgIpc) is 2.97. The van der Waals surface area contributed by atoms with Gasteiger partial charge in [-0.25, -0.2) is 0 Å². The minimum Gasteiger partial charge on any atom is -0.388 e. The minimum absolute atomic E-state index is 0.252. The zero-order valence-electron chi connectivity index (χ0n) is 11.6. The zero-order valence-corrected chi connectivity index (χ0v) is 12.5. The number of aliphatic hydroxyl groups is 1. The first-order valence-corrected chi connectivity index (χ1v) is 7.95. The quantitative estimate of drug-likeness (QED) is 0.904. The molecule has 2 heterocycles. The highest BCUT2D eigenvalue weighted by molar-refractivity contribution is 7.11. The maximum atomic E-state index is 10.1. The maximum absolute atomic E-state index is 10.1. The molecule has 0 bridgehead atoms. The van der Waals surface area contributed by atoms with E-state index in [2.05, 4.69) is 36.6 Å². The molecule has 0 saturated heterocycles. The topological polar surface area (TPSA) is 25.2 Å². The van der Waals surface area contributed by atoms with Crippen LogP contribution in [0.15, 0.2) is 18.2 Å². The van der Waals surface area contributed by atoms with Crippen LogP contribution in [0, 0.1) is 6.92 Å². The van der Waals surface area contributed by atoms with E-state index in [-0.39, 0.29) is 6.10 Å². The lowest BCUT2D eigenvalue weighted by atomic mass is 9.95. The lowest BCUT2D eigenvalue weighted by Crippen LogP contribution is -2.12. The Morgan fingerprint density at radius 1 is 1.37 bits per heavy atom. The lowest BCUT2D eigenvalue weighted by Gasteiger charge is -2.20. The Morgan fingerprint density at radius 3 is 2.89 bits per heavy atom. The number of aryl methyl sites for hydroxylation is 2. The molecular formula is C16H21NOS. The predicted molar refractivity (Wildman–Crippen MR) is 79.9 cm³/mol. The lowest BCUT2D eigenvalue weighted by molar-refractivity contribution is 0.156. The molecule has 0 aliphatic heterocycles. The van der Waals surface area contributed by atoms with E-state index in [1.165, 1.54) is 21.1 Å². The van der Waals surface area contributed by atoms with Crippen molar-refractivity contribution < 1.29 is 5.11 Å². The van der Waals surface area contributed by atoms with E-state index < -0.39 is 0 Å². The van der Waals surface area contributed by atoms with Crippen molar-refractivity contribution in [3.8, 4) is 0 Å². The summed E-state index contributed by atoms with van der Waals surface area (Å²) < 4.78 is 2.39. The Morgan fingerprint density at radius 2 is 2.16 bits per heavy atom. The summed E-state index contributed by atoms with van der Waals surface area (Å²) in [5.74, 6) is 0. The maximum Gasteiger partial charge on any atom is 0.0807 e. The molecule has 0 amide bonds. The van der Waals surface area contributed by atoms with Crippen molar-refractivity contribution in [1.82, 2.24) is 4.57 Å². The average molecular weight is 275 g/mol. The number of thiophene rings is 1. The molecule has 0 saturated carbocycles. The number of aliphatic hydroxyl groups excluding tert-OH is 1. The molecule has 2 nitrogen and oxygen atoms in total. The summed E-state index contributed by atoms with van der Waals surface area (Å²) in [4.78, 5) is 2.87. The third-order valence-electron chi connectivity index (χ3n) is 4.08. The minimum atomic E-state index is -0.252. The molecule has 0 spiro atoms. The van der Waals surface area contributed by atoms with Crippen LogP contribution in [0.2, 0.25) is 0 Å². The van der Waals surface area contributed by atoms with Crippen LogP contribution in [0.25, 0.3) is 0 Å². The van der Waals surface area contributed by atoms with Gasteiger partial charge in [0.15, 0.2) is 0 Å². The Hall–Kier alpha value is -1.06. The first-order chi connectivity index (χ1) is 9.19. The Balaban J connectivity index is 1.92. The van der Waals surface area contributed by atoms with E-state index in [9.17, 15) is 5.11 Å². The standard InChI is InChI=1S/C16H21NOS/c1-3-12-7-8-13(19-12)10-17-11(2)9-14-15(17)5-4-6-16(14)18/h7-9,16,18H,3-6,10H2,1-2H3. The highest BCUT2D eigenvalue weighted by atomic mass is 32.1. The molecule has 1 aliphatic rings. The van der Waals surface area contributed by atoms with Crippen molar-refractivity contribution in [1.29, 1.82) is 0 Å². The summed E-state index contributed by atoms with van der Waals surface area (Å²) in [6.07, 6.45) is 3.98. The summed E-state index contributed by atoms with van der Waals surface area (Å²) in [5, 5.41) is 10.1. The first-order valence-electron chi connectivity index (χ1n) is 7.13. The van der Waals surface area contributed by atoms with Gasteiger partial charge in [-0.15, -0.1) is 11.3 Å². The third kappa shape index (κ3) is 2.37. The van der Waals surface area contributed by atoms with Crippen molar-refractivity contribution >= 4 is 11.3 Å². The third-order valence-corrected chi connectivity index (χ3v) is 5.29. The van der Waals surface area contributed by atoms with E-state index in [0.29, 0.717) is 0 Å². The molecule has 1 N–H and O–H groups in total. The fraction of sp³-hybridized carbons (Fsp3) is 0.500. The largest absolute Gasteiger partial charge is 0.388 e. The number of fused-ring (bicyclic) bond motifs is 1. The molecule has 1 atom stereocenters. The summed E-state index contributed by atoms with van der Waals surface area (Å²) in [6, 6.07) is 6.65. The van der Waals surface area contributed by atoms with Gasteiger partial charge in [0.25, 0.3) is 0 Å². The van der Waals surface area contributed by atoms with E-state index in [1.807, 2.05) is 11.3 Å². The van der Waals surface area contributed by atoms with Crippen molar-refractivity contribution in [3.63, 3.8) is 0 Å². The molecule has 2 aromatic heterocycles. The summed E-state index contributed by atoms with van der Waals surface area (Å²) in [6.45, 7) is 5.31. The monoisotopic (exact) mass is 275 g/mol. The normalized spacial score (nSPS) is 18.6. The Kier molecular flexibility index (Phi) is 3.50. The molecule has 102 valence electrons. The SMILES string of the molecule is CCc1ccc(Cn2c(C)cc3c2CCCC3O)s1. The molecule has 3 heteroatoms. The van der Waals surface area contributed by atoms with E-state index in [0.717, 1.165) is 37.8 Å². The number of hydrogen-bond donors (Lipinski definition) is 1. The number of rotatable bonds is 3. The molecule has 0 fully saturated rings. The van der Waals surface area contributed by atoms with Gasteiger partial charge in [0, 0.05) is 26.7 Å². The smallest absolute Gasteiger partial charge is 0.0807 e. The second-order valence-corrected chi connectivity index (χ2v) is 6.66. The molecule has 1 aliphatic carbocycles. The molecule has 19 heavy (non-hydrogen) atoms. The van der Waals surface area contributed by atoms with Gasteiger partial charge in [-0.1, -0.05) is 6.92 Å². The van der Waals surface area contributed by atoms with Gasteiger partial charge in [-0.2, -0.15) is 0 Å². The highest BCUT2D eigenvalue weighted by Gasteiger charge is 2.23. The van der Waals surface area contributed by atoms with Crippen molar-refractivity contribution in [3.05, 3.63) is 44.9 Å². The van der Waals surface area contributed by atoms with Crippen LogP contribution in [-0.2, 0) is 19.4 Å². The van der Waals surface area contributed by atoms with Gasteiger partial charge in [-0.3, -0.25) is 0 Å². The predicted octanol–water partition coefficient (Wildman–Crippen LogP) is 3.84. The number of hydrogen-bond acceptors (Lipinski definition) is 2. The van der Waals surface area contributed by atoms with Gasteiger partial charge in [0.1, 0.15) is 0 Å². The van der Waals surface area contributed by atoms with Gasteiger partial charge in [0.05, 0.1) is 12.6 Å². The highest BCUT2D eigenvalue weighted by Crippen LogP contribution is 2.33. The van der Waals surface area contributed by atoms with Crippen LogP contribution >= 0.6 is 11.3 Å². The van der Waals surface area contributed by atoms with Crippen LogP contribution < -0.4 is 0 Å². The fourth-order valence-electron chi connectivity index (χ4n) is 3.01. The van der Waals surface area contributed by atoms with Gasteiger partial charge in [-0.05, 0) is 50.8 Å². The molecule has 1 unspecified atom stereocenters.